The van der Waals surface area contributed by atoms with Crippen LogP contribution in [-0.4, -0.2) is 89.6 Å². The summed E-state index contributed by atoms with van der Waals surface area (Å²) in [6.45, 7) is 6.78. The van der Waals surface area contributed by atoms with Crippen LogP contribution in [-0.2, 0) is 9.59 Å². The van der Waals surface area contributed by atoms with Gasteiger partial charge in [0.15, 0.2) is 0 Å². The van der Waals surface area contributed by atoms with Gasteiger partial charge >= 0.3 is 5.97 Å². The highest BCUT2D eigenvalue weighted by molar-refractivity contribution is 5.77. The van der Waals surface area contributed by atoms with Crippen LogP contribution >= 0.6 is 0 Å². The number of hydrogen-bond acceptors (Lipinski definition) is 5. The number of ether oxygens (including phenoxy) is 1. The quantitative estimate of drug-likeness (QED) is 0.727. The molecule has 0 saturated carbocycles. The number of hydrogen-bond donors (Lipinski definition) is 1. The van der Waals surface area contributed by atoms with Gasteiger partial charge in [-0.3, -0.25) is 19.4 Å². The number of para-hydroxylation sites is 1. The molecule has 7 nitrogen and oxygen atoms in total. The Morgan fingerprint density at radius 3 is 2.43 bits per heavy atom. The molecule has 2 heterocycles. The van der Waals surface area contributed by atoms with Crippen molar-refractivity contribution in [3.63, 3.8) is 0 Å². The molecule has 1 aromatic rings. The van der Waals surface area contributed by atoms with Gasteiger partial charge in [0.25, 0.3) is 0 Å². The Kier molecular flexibility index (Phi) is 7.28. The van der Waals surface area contributed by atoms with Gasteiger partial charge in [0.2, 0.25) is 5.91 Å². The lowest BCUT2D eigenvalue weighted by atomic mass is 10.1. The summed E-state index contributed by atoms with van der Waals surface area (Å²) in [6.07, 6.45) is 2.27. The van der Waals surface area contributed by atoms with Crippen molar-refractivity contribution in [3.8, 4) is 5.75 Å². The number of likely N-dealkylation sites (tertiary alicyclic amines) is 1. The van der Waals surface area contributed by atoms with Crippen LogP contribution < -0.4 is 4.74 Å². The number of carbonyl (C=O) groups excluding carboxylic acids is 1. The molecule has 1 unspecified atom stereocenters. The summed E-state index contributed by atoms with van der Waals surface area (Å²) in [5.41, 5.74) is 0. The molecule has 0 bridgehead atoms. The van der Waals surface area contributed by atoms with Gasteiger partial charge in [0.1, 0.15) is 11.9 Å². The predicted octanol–water partition coefficient (Wildman–Crippen LogP) is 1.54. The van der Waals surface area contributed by atoms with E-state index in [9.17, 15) is 9.59 Å². The lowest BCUT2D eigenvalue weighted by molar-refractivity contribution is -0.139. The van der Waals surface area contributed by atoms with E-state index in [0.717, 1.165) is 51.3 Å². The number of rotatable bonds is 8. The molecule has 2 saturated heterocycles. The second-order valence-electron chi connectivity index (χ2n) is 7.71. The van der Waals surface area contributed by atoms with Crippen molar-refractivity contribution in [2.75, 3.05) is 45.8 Å². The normalized spacial score (nSPS) is 23.7. The van der Waals surface area contributed by atoms with E-state index >= 15 is 0 Å². The minimum atomic E-state index is -0.776. The molecule has 3 rings (SSSR count). The summed E-state index contributed by atoms with van der Waals surface area (Å²) in [4.78, 5) is 29.8. The number of benzene rings is 1. The summed E-state index contributed by atoms with van der Waals surface area (Å²) in [5, 5.41) is 8.94. The van der Waals surface area contributed by atoms with E-state index in [1.807, 2.05) is 47.1 Å². The van der Waals surface area contributed by atoms with Crippen molar-refractivity contribution in [1.82, 2.24) is 14.7 Å². The van der Waals surface area contributed by atoms with Crippen LogP contribution in [0.1, 0.15) is 26.2 Å². The molecule has 7 heteroatoms. The van der Waals surface area contributed by atoms with Crippen molar-refractivity contribution < 1.29 is 19.4 Å². The van der Waals surface area contributed by atoms with Crippen LogP contribution in [0.4, 0.5) is 0 Å². The first-order valence-electron chi connectivity index (χ1n) is 10.2. The van der Waals surface area contributed by atoms with Gasteiger partial charge in [-0.15, -0.1) is 0 Å². The van der Waals surface area contributed by atoms with Crippen molar-refractivity contribution in [3.05, 3.63) is 30.3 Å². The average Bonchev–Trinajstić information content (AvgIpc) is 3.06. The Balaban J connectivity index is 1.57. The van der Waals surface area contributed by atoms with E-state index in [4.69, 9.17) is 9.84 Å². The molecule has 1 amide bonds. The number of carboxylic acids is 1. The fourth-order valence-corrected chi connectivity index (χ4v) is 4.11. The maximum absolute atomic E-state index is 12.6. The molecule has 154 valence electrons. The Hall–Kier alpha value is -2.12. The summed E-state index contributed by atoms with van der Waals surface area (Å²) in [6, 6.07) is 9.93. The van der Waals surface area contributed by atoms with Crippen molar-refractivity contribution in [2.24, 2.45) is 0 Å². The molecule has 1 N–H and O–H groups in total. The maximum atomic E-state index is 12.6. The highest BCUT2D eigenvalue weighted by Crippen LogP contribution is 2.25. The molecule has 2 atom stereocenters. The van der Waals surface area contributed by atoms with E-state index < -0.39 is 5.97 Å². The van der Waals surface area contributed by atoms with Gasteiger partial charge in [0, 0.05) is 51.6 Å². The molecular formula is C21H31N3O4. The highest BCUT2D eigenvalue weighted by atomic mass is 16.5. The zero-order valence-electron chi connectivity index (χ0n) is 16.6. The first-order chi connectivity index (χ1) is 13.5. The Morgan fingerprint density at radius 1 is 1.11 bits per heavy atom. The number of aliphatic carboxylic acids is 1. The molecule has 2 fully saturated rings. The molecule has 0 aliphatic carbocycles. The van der Waals surface area contributed by atoms with Crippen LogP contribution in [0.25, 0.3) is 0 Å². The average molecular weight is 389 g/mol. The second-order valence-corrected chi connectivity index (χ2v) is 7.71. The van der Waals surface area contributed by atoms with Crippen molar-refractivity contribution >= 4 is 11.9 Å². The minimum Gasteiger partial charge on any atom is -0.489 e. The fraction of sp³-hybridized carbons (Fsp3) is 0.619. The highest BCUT2D eigenvalue weighted by Gasteiger charge is 2.37. The minimum absolute atomic E-state index is 0.0153. The maximum Gasteiger partial charge on any atom is 0.317 e. The molecule has 1 aromatic carbocycles. The van der Waals surface area contributed by atoms with E-state index in [-0.39, 0.29) is 24.6 Å². The lowest BCUT2D eigenvalue weighted by Gasteiger charge is -2.36. The molecule has 2 aliphatic rings. The monoisotopic (exact) mass is 389 g/mol. The standard InChI is InChI=1S/C21H31N3O4/c1-2-6-20(25)24-15-19(28-18-7-4-3-5-8-18)13-17(24)14-22-9-11-23(12-10-22)16-21(26)27/h3-5,7-8,17,19H,2,6,9-16H2,1H3,(H,26,27)/t17?,19-/m0/s1. The van der Waals surface area contributed by atoms with Crippen molar-refractivity contribution in [1.29, 1.82) is 0 Å². The molecular weight excluding hydrogens is 358 g/mol. The molecule has 2 aliphatic heterocycles. The van der Waals surface area contributed by atoms with E-state index in [0.29, 0.717) is 13.0 Å². The SMILES string of the molecule is CCCC(=O)N1C[C@@H](Oc2ccccc2)CC1CN1CCN(CC(=O)O)CC1. The van der Waals surface area contributed by atoms with Crippen LogP contribution in [0.15, 0.2) is 30.3 Å². The summed E-state index contributed by atoms with van der Waals surface area (Å²) in [5.74, 6) is 0.274. The summed E-state index contributed by atoms with van der Waals surface area (Å²) < 4.78 is 6.13. The number of carboxylic acid groups (broad SMARTS) is 1. The van der Waals surface area contributed by atoms with Gasteiger partial charge in [-0.1, -0.05) is 25.1 Å². The topological polar surface area (TPSA) is 73.3 Å². The van der Waals surface area contributed by atoms with Gasteiger partial charge < -0.3 is 14.7 Å². The van der Waals surface area contributed by atoms with E-state index in [2.05, 4.69) is 4.90 Å². The molecule has 0 spiro atoms. The van der Waals surface area contributed by atoms with Crippen LogP contribution in [0, 0.1) is 0 Å². The van der Waals surface area contributed by atoms with Gasteiger partial charge in [-0.05, 0) is 18.6 Å². The zero-order valence-corrected chi connectivity index (χ0v) is 16.6. The van der Waals surface area contributed by atoms with Crippen LogP contribution in [0.2, 0.25) is 0 Å². The third-order valence-corrected chi connectivity index (χ3v) is 5.50. The predicted molar refractivity (Wildman–Crippen MR) is 106 cm³/mol. The van der Waals surface area contributed by atoms with E-state index in [1.165, 1.54) is 0 Å². The number of piperazine rings is 1. The van der Waals surface area contributed by atoms with Crippen LogP contribution in [0.3, 0.4) is 0 Å². The van der Waals surface area contributed by atoms with E-state index in [1.54, 1.807) is 0 Å². The summed E-state index contributed by atoms with van der Waals surface area (Å²) in [7, 11) is 0. The van der Waals surface area contributed by atoms with Crippen molar-refractivity contribution in [2.45, 2.75) is 38.3 Å². The molecule has 28 heavy (non-hydrogen) atoms. The third-order valence-electron chi connectivity index (χ3n) is 5.50. The smallest absolute Gasteiger partial charge is 0.317 e. The first-order valence-corrected chi connectivity index (χ1v) is 10.2. The first kappa shape index (κ1) is 20.6. The fourth-order valence-electron chi connectivity index (χ4n) is 4.11. The zero-order chi connectivity index (χ0) is 19.9. The lowest BCUT2D eigenvalue weighted by Crippen LogP contribution is -2.51. The Bertz CT molecular complexity index is 646. The molecule has 0 aromatic heterocycles. The van der Waals surface area contributed by atoms with Gasteiger partial charge in [-0.25, -0.2) is 0 Å². The van der Waals surface area contributed by atoms with Gasteiger partial charge in [-0.2, -0.15) is 0 Å². The van der Waals surface area contributed by atoms with Gasteiger partial charge in [0.05, 0.1) is 13.1 Å². The largest absolute Gasteiger partial charge is 0.489 e. The summed E-state index contributed by atoms with van der Waals surface area (Å²) >= 11 is 0. The molecule has 0 radical (unpaired) electrons. The number of carbonyl (C=O) groups is 2. The van der Waals surface area contributed by atoms with Crippen LogP contribution in [0.5, 0.6) is 5.75 Å². The Labute approximate surface area is 166 Å². The Morgan fingerprint density at radius 2 is 1.79 bits per heavy atom. The third kappa shape index (κ3) is 5.69. The second kappa shape index (κ2) is 9.89. The number of nitrogens with zero attached hydrogens (tertiary/aromatic N) is 3. The number of amides is 1.